The van der Waals surface area contributed by atoms with Gasteiger partial charge in [-0.1, -0.05) is 0 Å². The Morgan fingerprint density at radius 3 is 2.85 bits per heavy atom. The van der Waals surface area contributed by atoms with Crippen LogP contribution < -0.4 is 0 Å². The number of ether oxygens (including phenoxy) is 3. The molecule has 0 saturated carbocycles. The summed E-state index contributed by atoms with van der Waals surface area (Å²) in [6, 6.07) is 0. The minimum absolute atomic E-state index is 0.0120. The molecule has 0 saturated heterocycles. The van der Waals surface area contributed by atoms with E-state index in [1.165, 1.54) is 20.3 Å². The Balaban J connectivity index is 2.57. The van der Waals surface area contributed by atoms with Gasteiger partial charge in [0.2, 0.25) is 0 Å². The van der Waals surface area contributed by atoms with E-state index in [-0.39, 0.29) is 6.42 Å². The summed E-state index contributed by atoms with van der Waals surface area (Å²) < 4.78 is 14.1. The number of carbonyl (C=O) groups excluding carboxylic acids is 2. The van der Waals surface area contributed by atoms with Gasteiger partial charge in [-0.25, -0.2) is 4.79 Å². The standard InChI is InChI=1S/C8H10O5/c1-11-5-3-8(10)13-6(5)4-7(9)12-2/h3,6H,4H2,1-2H3/t6-/m0/s1. The maximum Gasteiger partial charge on any atom is 0.335 e. The first-order valence-corrected chi connectivity index (χ1v) is 3.70. The van der Waals surface area contributed by atoms with Crippen LogP contribution in [0.5, 0.6) is 0 Å². The molecule has 1 rings (SSSR count). The molecule has 0 aromatic carbocycles. The van der Waals surface area contributed by atoms with Gasteiger partial charge in [-0.15, -0.1) is 0 Å². The molecule has 0 fully saturated rings. The van der Waals surface area contributed by atoms with E-state index in [1.807, 2.05) is 0 Å². The van der Waals surface area contributed by atoms with Crippen LogP contribution in [-0.4, -0.2) is 32.3 Å². The molecule has 5 heteroatoms. The van der Waals surface area contributed by atoms with Crippen molar-refractivity contribution in [2.45, 2.75) is 12.5 Å². The highest BCUT2D eigenvalue weighted by atomic mass is 16.6. The van der Waals surface area contributed by atoms with Gasteiger partial charge in [0.25, 0.3) is 0 Å². The second-order valence-corrected chi connectivity index (χ2v) is 2.46. The molecule has 1 aliphatic heterocycles. The lowest BCUT2D eigenvalue weighted by molar-refractivity contribution is -0.147. The second-order valence-electron chi connectivity index (χ2n) is 2.46. The Morgan fingerprint density at radius 2 is 2.31 bits per heavy atom. The van der Waals surface area contributed by atoms with Crippen LogP contribution in [0.4, 0.5) is 0 Å². The molecule has 0 N–H and O–H groups in total. The minimum Gasteiger partial charge on any atom is -0.497 e. The highest BCUT2D eigenvalue weighted by Crippen LogP contribution is 2.19. The molecule has 0 aromatic heterocycles. The van der Waals surface area contributed by atoms with Crippen LogP contribution in [0.3, 0.4) is 0 Å². The summed E-state index contributed by atoms with van der Waals surface area (Å²) in [6.45, 7) is 0. The number of hydrogen-bond donors (Lipinski definition) is 0. The van der Waals surface area contributed by atoms with Crippen LogP contribution in [-0.2, 0) is 23.8 Å². The average molecular weight is 186 g/mol. The smallest absolute Gasteiger partial charge is 0.335 e. The molecule has 5 nitrogen and oxygen atoms in total. The van der Waals surface area contributed by atoms with Crippen LogP contribution >= 0.6 is 0 Å². The van der Waals surface area contributed by atoms with Gasteiger partial charge < -0.3 is 14.2 Å². The summed E-state index contributed by atoms with van der Waals surface area (Å²) in [4.78, 5) is 21.6. The molecule has 0 aliphatic carbocycles. The van der Waals surface area contributed by atoms with Crippen molar-refractivity contribution >= 4 is 11.9 Å². The third kappa shape index (κ3) is 2.21. The number of rotatable bonds is 3. The van der Waals surface area contributed by atoms with Gasteiger partial charge in [0.05, 0.1) is 26.7 Å². The van der Waals surface area contributed by atoms with Crippen LogP contribution in [0.1, 0.15) is 6.42 Å². The third-order valence-electron chi connectivity index (χ3n) is 1.65. The van der Waals surface area contributed by atoms with Gasteiger partial charge in [-0.2, -0.15) is 0 Å². The molecule has 72 valence electrons. The van der Waals surface area contributed by atoms with Crippen LogP contribution in [0.25, 0.3) is 0 Å². The number of hydrogen-bond acceptors (Lipinski definition) is 5. The first-order chi connectivity index (χ1) is 6.17. The highest BCUT2D eigenvalue weighted by Gasteiger charge is 2.29. The van der Waals surface area contributed by atoms with Crippen LogP contribution in [0.2, 0.25) is 0 Å². The number of carbonyl (C=O) groups is 2. The number of methoxy groups -OCH3 is 2. The quantitative estimate of drug-likeness (QED) is 0.581. The lowest BCUT2D eigenvalue weighted by atomic mass is 10.2. The average Bonchev–Trinajstić information content (AvgIpc) is 2.46. The zero-order chi connectivity index (χ0) is 9.84. The third-order valence-corrected chi connectivity index (χ3v) is 1.65. The van der Waals surface area contributed by atoms with E-state index in [1.54, 1.807) is 0 Å². The van der Waals surface area contributed by atoms with Crippen molar-refractivity contribution in [1.82, 2.24) is 0 Å². The van der Waals surface area contributed by atoms with E-state index in [9.17, 15) is 9.59 Å². The van der Waals surface area contributed by atoms with Crippen LogP contribution in [0, 0.1) is 0 Å². The van der Waals surface area contributed by atoms with Gasteiger partial charge in [0.1, 0.15) is 5.76 Å². The maximum atomic E-state index is 10.8. The van der Waals surface area contributed by atoms with Crippen molar-refractivity contribution in [3.05, 3.63) is 11.8 Å². The van der Waals surface area contributed by atoms with Gasteiger partial charge in [-0.05, 0) is 0 Å². The summed E-state index contributed by atoms with van der Waals surface area (Å²) in [5.74, 6) is -0.580. The molecule has 1 atom stereocenters. The van der Waals surface area contributed by atoms with Gasteiger partial charge in [0.15, 0.2) is 6.10 Å². The summed E-state index contributed by atoms with van der Waals surface area (Å²) >= 11 is 0. The fourth-order valence-corrected chi connectivity index (χ4v) is 1.01. The zero-order valence-electron chi connectivity index (χ0n) is 7.40. The summed E-state index contributed by atoms with van der Waals surface area (Å²) in [5.41, 5.74) is 0. The molecule has 0 radical (unpaired) electrons. The fraction of sp³-hybridized carbons (Fsp3) is 0.500. The first kappa shape index (κ1) is 9.57. The minimum atomic E-state index is -0.634. The van der Waals surface area contributed by atoms with E-state index < -0.39 is 18.0 Å². The SMILES string of the molecule is COC(=O)C[C@@H]1OC(=O)C=C1OC. The van der Waals surface area contributed by atoms with E-state index in [0.717, 1.165) is 0 Å². The highest BCUT2D eigenvalue weighted by molar-refractivity contribution is 5.86. The molecular weight excluding hydrogens is 176 g/mol. The zero-order valence-corrected chi connectivity index (χ0v) is 7.40. The predicted octanol–water partition coefficient (Wildman–Crippen LogP) is 0.00520. The van der Waals surface area contributed by atoms with E-state index in [0.29, 0.717) is 5.76 Å². The Morgan fingerprint density at radius 1 is 1.62 bits per heavy atom. The second kappa shape index (κ2) is 3.93. The van der Waals surface area contributed by atoms with Crippen molar-refractivity contribution in [1.29, 1.82) is 0 Å². The summed E-state index contributed by atoms with van der Waals surface area (Å²) in [5, 5.41) is 0. The molecule has 0 amide bonds. The maximum absolute atomic E-state index is 10.8. The molecule has 13 heavy (non-hydrogen) atoms. The molecule has 1 aliphatic rings. The molecule has 1 heterocycles. The predicted molar refractivity (Wildman–Crippen MR) is 41.6 cm³/mol. The summed E-state index contributed by atoms with van der Waals surface area (Å²) in [6.07, 6.45) is 0.570. The summed E-state index contributed by atoms with van der Waals surface area (Å²) in [7, 11) is 2.69. The lowest BCUT2D eigenvalue weighted by Crippen LogP contribution is -2.18. The Kier molecular flexibility index (Phi) is 2.89. The topological polar surface area (TPSA) is 61.8 Å². The number of esters is 2. The van der Waals surface area contributed by atoms with E-state index in [4.69, 9.17) is 9.47 Å². The molecular formula is C8H10O5. The van der Waals surface area contributed by atoms with Crippen molar-refractivity contribution in [3.63, 3.8) is 0 Å². The Labute approximate surface area is 75.3 Å². The molecule has 0 aromatic rings. The number of cyclic esters (lactones) is 1. The van der Waals surface area contributed by atoms with Crippen molar-refractivity contribution in [2.24, 2.45) is 0 Å². The van der Waals surface area contributed by atoms with E-state index >= 15 is 0 Å². The largest absolute Gasteiger partial charge is 0.497 e. The molecule has 0 spiro atoms. The van der Waals surface area contributed by atoms with Gasteiger partial charge in [0, 0.05) is 0 Å². The monoisotopic (exact) mass is 186 g/mol. The van der Waals surface area contributed by atoms with Crippen LogP contribution in [0.15, 0.2) is 11.8 Å². The van der Waals surface area contributed by atoms with Crippen molar-refractivity contribution < 1.29 is 23.8 Å². The Hall–Kier alpha value is -1.52. The van der Waals surface area contributed by atoms with Gasteiger partial charge >= 0.3 is 11.9 Å². The normalized spacial score (nSPS) is 20.6. The lowest BCUT2D eigenvalue weighted by Gasteiger charge is -2.10. The van der Waals surface area contributed by atoms with Gasteiger partial charge in [-0.3, -0.25) is 4.79 Å². The van der Waals surface area contributed by atoms with E-state index in [2.05, 4.69) is 4.74 Å². The fourth-order valence-electron chi connectivity index (χ4n) is 1.01. The van der Waals surface area contributed by atoms with Crippen molar-refractivity contribution in [3.8, 4) is 0 Å². The Bertz CT molecular complexity index is 255. The molecule has 0 unspecified atom stereocenters. The first-order valence-electron chi connectivity index (χ1n) is 3.70. The molecule has 0 bridgehead atoms. The van der Waals surface area contributed by atoms with Crippen molar-refractivity contribution in [2.75, 3.05) is 14.2 Å².